The fourth-order valence-corrected chi connectivity index (χ4v) is 1.93. The second-order valence-corrected chi connectivity index (χ2v) is 4.14. The molecule has 2 nitrogen and oxygen atoms in total. The second kappa shape index (κ2) is 6.66. The minimum Gasteiger partial charge on any atom is -0.461 e. The van der Waals surface area contributed by atoms with E-state index in [4.69, 9.17) is 4.74 Å². The van der Waals surface area contributed by atoms with Crippen molar-refractivity contribution in [3.05, 3.63) is 77.6 Å². The van der Waals surface area contributed by atoms with Gasteiger partial charge in [-0.1, -0.05) is 60.7 Å². The molecule has 0 N–H and O–H groups in total. The van der Waals surface area contributed by atoms with Gasteiger partial charge in [-0.3, -0.25) is 0 Å². The van der Waals surface area contributed by atoms with Gasteiger partial charge in [-0.25, -0.2) is 4.79 Å². The van der Waals surface area contributed by atoms with Crippen molar-refractivity contribution in [1.82, 2.24) is 0 Å². The van der Waals surface area contributed by atoms with E-state index in [1.807, 2.05) is 12.1 Å². The molecule has 0 aliphatic heterocycles. The van der Waals surface area contributed by atoms with Gasteiger partial charge in [-0.15, -0.1) is 0 Å². The zero-order chi connectivity index (χ0) is 14.4. The first-order valence-corrected chi connectivity index (χ1v) is 6.41. The largest absolute Gasteiger partial charge is 0.461 e. The third-order valence-electron chi connectivity index (χ3n) is 2.80. The summed E-state index contributed by atoms with van der Waals surface area (Å²) < 4.78 is 19.2. The number of carbonyl (C=O) groups is 1. The summed E-state index contributed by atoms with van der Waals surface area (Å²) in [5.41, 5.74) is 1.54. The summed E-state index contributed by atoms with van der Waals surface area (Å²) in [6.45, 7) is 1.79. The van der Waals surface area contributed by atoms with E-state index in [-0.39, 0.29) is 12.2 Å². The summed E-state index contributed by atoms with van der Waals surface area (Å²) in [7, 11) is 0. The van der Waals surface area contributed by atoms with Gasteiger partial charge in [-0.05, 0) is 18.1 Å². The molecule has 0 aromatic heterocycles. The van der Waals surface area contributed by atoms with Gasteiger partial charge in [0.2, 0.25) is 5.83 Å². The molecule has 0 atom stereocenters. The number of ether oxygens (including phenoxy) is 1. The first kappa shape index (κ1) is 14.0. The van der Waals surface area contributed by atoms with Crippen LogP contribution in [0.2, 0.25) is 0 Å². The molecule has 0 amide bonds. The quantitative estimate of drug-likeness (QED) is 0.620. The summed E-state index contributed by atoms with van der Waals surface area (Å²) in [5.74, 6) is -1.81. The Morgan fingerprint density at radius 3 is 1.80 bits per heavy atom. The van der Waals surface area contributed by atoms with Gasteiger partial charge in [0, 0.05) is 5.57 Å². The lowest BCUT2D eigenvalue weighted by molar-refractivity contribution is -0.140. The summed E-state index contributed by atoms with van der Waals surface area (Å²) in [5, 5.41) is 0. The monoisotopic (exact) mass is 270 g/mol. The molecule has 0 fully saturated rings. The van der Waals surface area contributed by atoms with E-state index in [2.05, 4.69) is 0 Å². The molecule has 0 aliphatic rings. The van der Waals surface area contributed by atoms with E-state index in [1.165, 1.54) is 0 Å². The van der Waals surface area contributed by atoms with Crippen molar-refractivity contribution in [2.24, 2.45) is 0 Å². The van der Waals surface area contributed by atoms with E-state index in [0.29, 0.717) is 11.1 Å². The van der Waals surface area contributed by atoms with Crippen molar-refractivity contribution in [3.63, 3.8) is 0 Å². The lowest BCUT2D eigenvalue weighted by Crippen LogP contribution is -2.07. The molecule has 102 valence electrons. The first-order chi connectivity index (χ1) is 9.74. The Balaban J connectivity index is 2.56. The zero-order valence-corrected chi connectivity index (χ0v) is 11.2. The molecule has 2 aromatic rings. The van der Waals surface area contributed by atoms with Crippen molar-refractivity contribution in [1.29, 1.82) is 0 Å². The van der Waals surface area contributed by atoms with E-state index < -0.39 is 11.8 Å². The van der Waals surface area contributed by atoms with Crippen molar-refractivity contribution >= 4 is 11.5 Å². The third kappa shape index (κ3) is 3.12. The Kier molecular flexibility index (Phi) is 4.66. The number of rotatable bonds is 4. The van der Waals surface area contributed by atoms with Crippen LogP contribution >= 0.6 is 0 Å². The topological polar surface area (TPSA) is 26.3 Å². The maximum absolute atomic E-state index is 14.4. The first-order valence-electron chi connectivity index (χ1n) is 6.41. The van der Waals surface area contributed by atoms with Crippen LogP contribution in [0.4, 0.5) is 4.39 Å². The van der Waals surface area contributed by atoms with E-state index in [9.17, 15) is 9.18 Å². The number of hydrogen-bond acceptors (Lipinski definition) is 2. The molecule has 0 bridgehead atoms. The van der Waals surface area contributed by atoms with E-state index in [1.54, 1.807) is 55.5 Å². The number of benzene rings is 2. The SMILES string of the molecule is CCOC(=O)C(F)=C(c1ccccc1)c1ccccc1. The van der Waals surface area contributed by atoms with Gasteiger partial charge < -0.3 is 4.74 Å². The Morgan fingerprint density at radius 2 is 1.40 bits per heavy atom. The Bertz CT molecular complexity index is 562. The summed E-state index contributed by atoms with van der Waals surface area (Å²) in [4.78, 5) is 11.7. The van der Waals surface area contributed by atoms with Crippen LogP contribution < -0.4 is 0 Å². The van der Waals surface area contributed by atoms with E-state index in [0.717, 1.165) is 0 Å². The number of hydrogen-bond donors (Lipinski definition) is 0. The lowest BCUT2D eigenvalue weighted by atomic mass is 9.97. The summed E-state index contributed by atoms with van der Waals surface area (Å²) in [6, 6.07) is 18.0. The predicted octanol–water partition coefficient (Wildman–Crippen LogP) is 3.98. The molecule has 2 rings (SSSR count). The Morgan fingerprint density at radius 1 is 0.950 bits per heavy atom. The number of halogens is 1. The van der Waals surface area contributed by atoms with Crippen molar-refractivity contribution in [2.75, 3.05) is 6.61 Å². The van der Waals surface area contributed by atoms with Crippen LogP contribution in [-0.4, -0.2) is 12.6 Å². The standard InChI is InChI=1S/C17H15FO2/c1-2-20-17(19)16(18)15(13-9-5-3-6-10-13)14-11-7-4-8-12-14/h3-12H,2H2,1H3. The fourth-order valence-electron chi connectivity index (χ4n) is 1.93. The van der Waals surface area contributed by atoms with Gasteiger partial charge in [-0.2, -0.15) is 4.39 Å². The zero-order valence-electron chi connectivity index (χ0n) is 11.2. The van der Waals surface area contributed by atoms with Crippen LogP contribution in [0, 0.1) is 0 Å². The average Bonchev–Trinajstić information content (AvgIpc) is 2.50. The fraction of sp³-hybridized carbons (Fsp3) is 0.118. The maximum atomic E-state index is 14.4. The molecule has 20 heavy (non-hydrogen) atoms. The second-order valence-electron chi connectivity index (χ2n) is 4.14. The van der Waals surface area contributed by atoms with Crippen molar-refractivity contribution in [2.45, 2.75) is 6.92 Å². The number of esters is 1. The maximum Gasteiger partial charge on any atom is 0.367 e. The van der Waals surface area contributed by atoms with Crippen LogP contribution in [0.5, 0.6) is 0 Å². The summed E-state index contributed by atoms with van der Waals surface area (Å²) >= 11 is 0. The molecule has 0 saturated carbocycles. The van der Waals surface area contributed by atoms with Crippen LogP contribution in [-0.2, 0) is 9.53 Å². The van der Waals surface area contributed by atoms with Crippen LogP contribution in [0.25, 0.3) is 5.57 Å². The van der Waals surface area contributed by atoms with Gasteiger partial charge in [0.15, 0.2) is 0 Å². The van der Waals surface area contributed by atoms with Crippen molar-refractivity contribution in [3.8, 4) is 0 Å². The van der Waals surface area contributed by atoms with Gasteiger partial charge in [0.1, 0.15) is 0 Å². The highest BCUT2D eigenvalue weighted by Gasteiger charge is 2.19. The smallest absolute Gasteiger partial charge is 0.367 e. The molecule has 0 radical (unpaired) electrons. The summed E-state index contributed by atoms with van der Waals surface area (Å²) in [6.07, 6.45) is 0. The van der Waals surface area contributed by atoms with Crippen molar-refractivity contribution < 1.29 is 13.9 Å². The minimum absolute atomic E-state index is 0.142. The highest BCUT2D eigenvalue weighted by Crippen LogP contribution is 2.28. The average molecular weight is 270 g/mol. The molecule has 0 unspecified atom stereocenters. The highest BCUT2D eigenvalue weighted by molar-refractivity contribution is 5.99. The van der Waals surface area contributed by atoms with E-state index >= 15 is 0 Å². The normalized spacial score (nSPS) is 9.90. The lowest BCUT2D eigenvalue weighted by Gasteiger charge is -2.10. The van der Waals surface area contributed by atoms with Crippen LogP contribution in [0.15, 0.2) is 66.5 Å². The van der Waals surface area contributed by atoms with Crippen LogP contribution in [0.3, 0.4) is 0 Å². The predicted molar refractivity (Wildman–Crippen MR) is 76.6 cm³/mol. The Labute approximate surface area is 117 Å². The van der Waals surface area contributed by atoms with Gasteiger partial charge in [0.05, 0.1) is 6.61 Å². The molecule has 0 aliphatic carbocycles. The van der Waals surface area contributed by atoms with Crippen LogP contribution in [0.1, 0.15) is 18.1 Å². The molecule has 2 aromatic carbocycles. The molecule has 0 heterocycles. The highest BCUT2D eigenvalue weighted by atomic mass is 19.1. The van der Waals surface area contributed by atoms with Gasteiger partial charge >= 0.3 is 5.97 Å². The molecular weight excluding hydrogens is 255 g/mol. The minimum atomic E-state index is -0.935. The molecule has 0 saturated heterocycles. The third-order valence-corrected chi connectivity index (χ3v) is 2.80. The Hall–Kier alpha value is -2.42. The molecule has 3 heteroatoms. The van der Waals surface area contributed by atoms with Gasteiger partial charge in [0.25, 0.3) is 0 Å². The number of carbonyl (C=O) groups excluding carboxylic acids is 1. The molecular formula is C17H15FO2. The molecule has 0 spiro atoms.